The highest BCUT2D eigenvalue weighted by Gasteiger charge is 2.30. The van der Waals surface area contributed by atoms with Gasteiger partial charge in [-0.3, -0.25) is 19.2 Å². The lowest BCUT2D eigenvalue weighted by atomic mass is 10.1. The number of phenolic OH excluding ortho intramolecular Hbond substituents is 1. The fraction of sp³-hybridized carbons (Fsp3) is 0.500. The normalized spacial score (nSPS) is 14.1. The highest BCUT2D eigenvalue weighted by Crippen LogP contribution is 2.11. The van der Waals surface area contributed by atoms with Gasteiger partial charge in [0.15, 0.2) is 0 Å². The molecule has 200 valence electrons. The molecule has 1 rings (SSSR count). The molecule has 0 bridgehead atoms. The molecule has 4 atom stereocenters. The third-order valence-corrected chi connectivity index (χ3v) is 5.48. The Morgan fingerprint density at radius 3 is 1.94 bits per heavy atom. The van der Waals surface area contributed by atoms with E-state index in [1.54, 1.807) is 12.1 Å². The minimum Gasteiger partial charge on any atom is -0.508 e. The van der Waals surface area contributed by atoms with Crippen LogP contribution in [-0.4, -0.2) is 81.4 Å². The molecule has 0 fully saturated rings. The average molecular weight is 528 g/mol. The lowest BCUT2D eigenvalue weighted by molar-refractivity contribution is -0.147. The van der Waals surface area contributed by atoms with Crippen LogP contribution in [0.5, 0.6) is 5.75 Å². The van der Waals surface area contributed by atoms with Crippen LogP contribution >= 0.6 is 12.6 Å². The number of carbonyl (C=O) groups is 5. The van der Waals surface area contributed by atoms with E-state index in [0.717, 1.165) is 0 Å². The number of unbranched alkanes of at least 4 members (excludes halogenated alkanes) is 1. The quantitative estimate of drug-likeness (QED) is 0.0876. The lowest BCUT2D eigenvalue weighted by Gasteiger charge is -2.24. The number of thiol groups is 1. The van der Waals surface area contributed by atoms with E-state index in [9.17, 15) is 34.2 Å². The average Bonchev–Trinajstić information content (AvgIpc) is 2.82. The van der Waals surface area contributed by atoms with E-state index >= 15 is 0 Å². The SMILES string of the molecule is NCCCCC(NC(=O)C(CS)NC(=O)C(N)Cc1ccc(O)cc1)C(=O)NC(CC(=O)O)C(=O)O. The van der Waals surface area contributed by atoms with Gasteiger partial charge in [0, 0.05) is 5.75 Å². The Morgan fingerprint density at radius 2 is 1.42 bits per heavy atom. The summed E-state index contributed by atoms with van der Waals surface area (Å²) in [7, 11) is 0. The standard InChI is InChI=1S/C22H33N5O8S/c23-8-2-1-3-15(20(32)26-16(22(34)35)10-18(29)30)25-21(33)17(11-36)27-19(31)14(24)9-12-4-6-13(28)7-5-12/h4-7,14-17,28,36H,1-3,8-11,23-24H2,(H,25,33)(H,26,32)(H,27,31)(H,29,30)(H,34,35). The Labute approximate surface area is 213 Å². The summed E-state index contributed by atoms with van der Waals surface area (Å²) < 4.78 is 0. The van der Waals surface area contributed by atoms with Gasteiger partial charge in [0.05, 0.1) is 12.5 Å². The minimum atomic E-state index is -1.69. The minimum absolute atomic E-state index is 0.0614. The van der Waals surface area contributed by atoms with Gasteiger partial charge in [-0.25, -0.2) is 4.79 Å². The van der Waals surface area contributed by atoms with Gasteiger partial charge in [-0.1, -0.05) is 12.1 Å². The summed E-state index contributed by atoms with van der Waals surface area (Å²) in [4.78, 5) is 60.2. The van der Waals surface area contributed by atoms with Gasteiger partial charge < -0.3 is 42.7 Å². The van der Waals surface area contributed by atoms with Crippen LogP contribution in [-0.2, 0) is 30.4 Å². The Balaban J connectivity index is 2.85. The van der Waals surface area contributed by atoms with E-state index in [1.165, 1.54) is 12.1 Å². The van der Waals surface area contributed by atoms with Crippen molar-refractivity contribution >= 4 is 42.3 Å². The van der Waals surface area contributed by atoms with Crippen LogP contribution in [0.4, 0.5) is 0 Å². The molecular weight excluding hydrogens is 494 g/mol. The fourth-order valence-electron chi connectivity index (χ4n) is 3.13. The number of hydrogen-bond donors (Lipinski definition) is 9. The van der Waals surface area contributed by atoms with Crippen LogP contribution in [0.1, 0.15) is 31.2 Å². The molecule has 1 aromatic carbocycles. The summed E-state index contributed by atoms with van der Waals surface area (Å²) in [6.07, 6.45) is 0.328. The molecule has 3 amide bonds. The summed E-state index contributed by atoms with van der Waals surface area (Å²) in [6.45, 7) is 0.327. The van der Waals surface area contributed by atoms with E-state index in [1.807, 2.05) is 0 Å². The summed E-state index contributed by atoms with van der Waals surface area (Å²) in [5.74, 6) is -5.32. The van der Waals surface area contributed by atoms with Crippen LogP contribution in [0.15, 0.2) is 24.3 Å². The molecule has 0 saturated carbocycles. The number of aromatic hydroxyl groups is 1. The smallest absolute Gasteiger partial charge is 0.326 e. The van der Waals surface area contributed by atoms with Gasteiger partial charge >= 0.3 is 11.9 Å². The van der Waals surface area contributed by atoms with Crippen LogP contribution in [0, 0.1) is 0 Å². The number of carbonyl (C=O) groups excluding carboxylic acids is 3. The number of phenols is 1. The summed E-state index contributed by atoms with van der Waals surface area (Å²) in [5, 5.41) is 34.5. The van der Waals surface area contributed by atoms with Crippen molar-refractivity contribution in [3.05, 3.63) is 29.8 Å². The number of aliphatic carboxylic acids is 2. The van der Waals surface area contributed by atoms with Crippen molar-refractivity contribution in [2.24, 2.45) is 11.5 Å². The molecule has 0 aliphatic carbocycles. The molecule has 0 heterocycles. The number of carboxylic acid groups (broad SMARTS) is 2. The second kappa shape index (κ2) is 15.6. The zero-order valence-electron chi connectivity index (χ0n) is 19.6. The predicted molar refractivity (Wildman–Crippen MR) is 132 cm³/mol. The second-order valence-electron chi connectivity index (χ2n) is 8.06. The van der Waals surface area contributed by atoms with E-state index in [2.05, 4.69) is 28.6 Å². The van der Waals surface area contributed by atoms with Crippen LogP contribution in [0.2, 0.25) is 0 Å². The molecule has 0 saturated heterocycles. The summed E-state index contributed by atoms with van der Waals surface area (Å²) in [5.41, 5.74) is 12.1. The second-order valence-corrected chi connectivity index (χ2v) is 8.43. The van der Waals surface area contributed by atoms with Crippen molar-refractivity contribution in [3.63, 3.8) is 0 Å². The van der Waals surface area contributed by atoms with Gasteiger partial charge in [0.2, 0.25) is 17.7 Å². The predicted octanol–water partition coefficient (Wildman–Crippen LogP) is -1.67. The zero-order chi connectivity index (χ0) is 27.3. The van der Waals surface area contributed by atoms with Crippen molar-refractivity contribution in [2.45, 2.75) is 56.3 Å². The Bertz CT molecular complexity index is 914. The number of amides is 3. The maximum Gasteiger partial charge on any atom is 0.326 e. The lowest BCUT2D eigenvalue weighted by Crippen LogP contribution is -2.58. The number of rotatable bonds is 16. The van der Waals surface area contributed by atoms with Crippen LogP contribution in [0.25, 0.3) is 0 Å². The molecule has 0 spiro atoms. The summed E-state index contributed by atoms with van der Waals surface area (Å²) >= 11 is 4.08. The van der Waals surface area contributed by atoms with Gasteiger partial charge in [0.25, 0.3) is 0 Å². The van der Waals surface area contributed by atoms with Gasteiger partial charge in [-0.05, 0) is 49.9 Å². The highest BCUT2D eigenvalue weighted by molar-refractivity contribution is 7.80. The number of nitrogens with two attached hydrogens (primary N) is 2. The summed E-state index contributed by atoms with van der Waals surface area (Å²) in [6, 6.07) is 1.03. The Morgan fingerprint density at radius 1 is 0.861 bits per heavy atom. The molecule has 13 nitrogen and oxygen atoms in total. The highest BCUT2D eigenvalue weighted by atomic mass is 32.1. The monoisotopic (exact) mass is 527 g/mol. The molecule has 1 aromatic rings. The maximum absolute atomic E-state index is 12.8. The zero-order valence-corrected chi connectivity index (χ0v) is 20.4. The van der Waals surface area contributed by atoms with Crippen molar-refractivity contribution in [2.75, 3.05) is 12.3 Å². The first-order valence-electron chi connectivity index (χ1n) is 11.2. The fourth-order valence-corrected chi connectivity index (χ4v) is 3.39. The molecule has 0 aliphatic heterocycles. The van der Waals surface area contributed by atoms with Crippen molar-refractivity contribution in [1.29, 1.82) is 0 Å². The van der Waals surface area contributed by atoms with E-state index < -0.39 is 60.2 Å². The van der Waals surface area contributed by atoms with Gasteiger partial charge in [-0.2, -0.15) is 12.6 Å². The largest absolute Gasteiger partial charge is 0.508 e. The topological polar surface area (TPSA) is 234 Å². The first-order chi connectivity index (χ1) is 17.0. The molecule has 14 heteroatoms. The first-order valence-corrected chi connectivity index (χ1v) is 11.8. The molecular formula is C22H33N5O8S. The first kappa shape index (κ1) is 30.7. The van der Waals surface area contributed by atoms with Crippen molar-refractivity contribution in [3.8, 4) is 5.75 Å². The van der Waals surface area contributed by atoms with E-state index in [-0.39, 0.29) is 24.3 Å². The van der Waals surface area contributed by atoms with Crippen LogP contribution in [0.3, 0.4) is 0 Å². The molecule has 36 heavy (non-hydrogen) atoms. The number of carboxylic acids is 2. The molecule has 0 aromatic heterocycles. The van der Waals surface area contributed by atoms with Crippen LogP contribution < -0.4 is 27.4 Å². The van der Waals surface area contributed by atoms with E-state index in [0.29, 0.717) is 24.9 Å². The number of hydrogen-bond acceptors (Lipinski definition) is 9. The van der Waals surface area contributed by atoms with Crippen molar-refractivity contribution in [1.82, 2.24) is 16.0 Å². The number of benzene rings is 1. The van der Waals surface area contributed by atoms with Gasteiger partial charge in [-0.15, -0.1) is 0 Å². The van der Waals surface area contributed by atoms with Gasteiger partial charge in [0.1, 0.15) is 23.9 Å². The number of nitrogens with one attached hydrogen (secondary N) is 3. The third-order valence-electron chi connectivity index (χ3n) is 5.12. The molecule has 10 N–H and O–H groups in total. The Hall–Kier alpha value is -3.36. The third kappa shape index (κ3) is 10.9. The maximum atomic E-state index is 12.8. The molecule has 0 radical (unpaired) electrons. The molecule has 4 unspecified atom stereocenters. The van der Waals surface area contributed by atoms with Crippen molar-refractivity contribution < 1.29 is 39.3 Å². The molecule has 0 aliphatic rings. The van der Waals surface area contributed by atoms with E-state index in [4.69, 9.17) is 16.6 Å². The Kier molecular flexibility index (Phi) is 13.3.